The highest BCUT2D eigenvalue weighted by Gasteiger charge is 2.20. The van der Waals surface area contributed by atoms with Crippen LogP contribution < -0.4 is 10.0 Å². The molecule has 8 heteroatoms. The van der Waals surface area contributed by atoms with Gasteiger partial charge in [0.05, 0.1) is 10.7 Å². The summed E-state index contributed by atoms with van der Waals surface area (Å²) < 4.78 is 28.4. The molecule has 0 fully saturated rings. The number of carbonyl (C=O) groups excluding carboxylic acids is 1. The first-order chi connectivity index (χ1) is 15.2. The SMILES string of the molecule is Cc1ccc(NS(=O)(=O)c2cc(NC(=O)/C(C#N)=C\c3ccccc3)ccc2Cl)c(C)c1. The van der Waals surface area contributed by atoms with Crippen molar-refractivity contribution in [3.63, 3.8) is 0 Å². The van der Waals surface area contributed by atoms with Crippen molar-refractivity contribution in [3.05, 3.63) is 94.0 Å². The Morgan fingerprint density at radius 2 is 1.75 bits per heavy atom. The summed E-state index contributed by atoms with van der Waals surface area (Å²) in [7, 11) is -4.02. The van der Waals surface area contributed by atoms with Crippen molar-refractivity contribution in [2.45, 2.75) is 18.7 Å². The molecule has 3 aromatic rings. The maximum atomic E-state index is 13.0. The van der Waals surface area contributed by atoms with Gasteiger partial charge >= 0.3 is 0 Å². The zero-order valence-corrected chi connectivity index (χ0v) is 19.0. The molecule has 0 spiro atoms. The van der Waals surface area contributed by atoms with Crippen LogP contribution in [0.3, 0.4) is 0 Å². The lowest BCUT2D eigenvalue weighted by Crippen LogP contribution is -2.16. The van der Waals surface area contributed by atoms with Gasteiger partial charge in [0.15, 0.2) is 0 Å². The van der Waals surface area contributed by atoms with E-state index in [-0.39, 0.29) is 21.2 Å². The Balaban J connectivity index is 1.87. The van der Waals surface area contributed by atoms with E-state index < -0.39 is 15.9 Å². The van der Waals surface area contributed by atoms with E-state index in [0.29, 0.717) is 11.3 Å². The Bertz CT molecular complexity index is 1340. The predicted octanol–water partition coefficient (Wildman–Crippen LogP) is 5.30. The molecule has 0 atom stereocenters. The molecule has 6 nitrogen and oxygen atoms in total. The minimum absolute atomic E-state index is 0.000554. The van der Waals surface area contributed by atoms with Crippen molar-refractivity contribution >= 4 is 45.0 Å². The fourth-order valence-corrected chi connectivity index (χ4v) is 4.64. The third-order valence-electron chi connectivity index (χ3n) is 4.58. The van der Waals surface area contributed by atoms with E-state index in [1.54, 1.807) is 43.3 Å². The molecule has 0 saturated carbocycles. The van der Waals surface area contributed by atoms with Crippen LogP contribution in [0.1, 0.15) is 16.7 Å². The lowest BCUT2D eigenvalue weighted by Gasteiger charge is -2.13. The summed E-state index contributed by atoms with van der Waals surface area (Å²) in [6, 6.07) is 20.2. The fraction of sp³-hybridized carbons (Fsp3) is 0.0833. The van der Waals surface area contributed by atoms with Crippen molar-refractivity contribution < 1.29 is 13.2 Å². The van der Waals surface area contributed by atoms with E-state index in [4.69, 9.17) is 11.6 Å². The summed E-state index contributed by atoms with van der Waals surface area (Å²) in [4.78, 5) is 12.4. The molecule has 162 valence electrons. The van der Waals surface area contributed by atoms with E-state index in [2.05, 4.69) is 10.0 Å². The van der Waals surface area contributed by atoms with Crippen molar-refractivity contribution in [1.29, 1.82) is 5.26 Å². The van der Waals surface area contributed by atoms with Crippen molar-refractivity contribution in [3.8, 4) is 6.07 Å². The molecule has 0 saturated heterocycles. The molecule has 3 aromatic carbocycles. The molecular formula is C24H20ClN3O3S. The summed E-state index contributed by atoms with van der Waals surface area (Å²) >= 11 is 6.15. The number of benzene rings is 3. The first-order valence-corrected chi connectivity index (χ1v) is 11.4. The zero-order valence-electron chi connectivity index (χ0n) is 17.4. The van der Waals surface area contributed by atoms with Crippen LogP contribution in [0.2, 0.25) is 5.02 Å². The Labute approximate surface area is 192 Å². The number of nitrogens with one attached hydrogen (secondary N) is 2. The Hall–Kier alpha value is -3.60. The van der Waals surface area contributed by atoms with Gasteiger partial charge in [0, 0.05) is 5.69 Å². The lowest BCUT2D eigenvalue weighted by atomic mass is 10.1. The van der Waals surface area contributed by atoms with Crippen LogP contribution in [0.5, 0.6) is 0 Å². The van der Waals surface area contributed by atoms with Gasteiger partial charge in [-0.15, -0.1) is 0 Å². The van der Waals surface area contributed by atoms with Crippen LogP contribution in [0.25, 0.3) is 6.08 Å². The van der Waals surface area contributed by atoms with Gasteiger partial charge in [-0.05, 0) is 55.3 Å². The molecule has 1 amide bonds. The van der Waals surface area contributed by atoms with Gasteiger partial charge in [-0.25, -0.2) is 8.42 Å². The molecule has 2 N–H and O–H groups in total. The topological polar surface area (TPSA) is 99.1 Å². The molecule has 0 heterocycles. The third kappa shape index (κ3) is 5.55. The number of rotatable bonds is 6. The highest BCUT2D eigenvalue weighted by Crippen LogP contribution is 2.28. The summed E-state index contributed by atoms with van der Waals surface area (Å²) in [6.07, 6.45) is 1.45. The minimum atomic E-state index is -4.02. The number of halogens is 1. The summed E-state index contributed by atoms with van der Waals surface area (Å²) in [6.45, 7) is 3.71. The Morgan fingerprint density at radius 1 is 1.03 bits per heavy atom. The van der Waals surface area contributed by atoms with E-state index in [9.17, 15) is 18.5 Å². The van der Waals surface area contributed by atoms with Gasteiger partial charge in [0.2, 0.25) is 0 Å². The number of carbonyl (C=O) groups is 1. The smallest absolute Gasteiger partial charge is 0.266 e. The molecular weight excluding hydrogens is 446 g/mol. The number of hydrogen-bond donors (Lipinski definition) is 2. The van der Waals surface area contributed by atoms with Gasteiger partial charge in [0.1, 0.15) is 16.5 Å². The molecule has 0 radical (unpaired) electrons. The standard InChI is InChI=1S/C24H20ClN3O3S/c1-16-8-11-22(17(2)12-16)28-32(30,31)23-14-20(9-10-21(23)25)27-24(29)19(15-26)13-18-6-4-3-5-7-18/h3-14,28H,1-2H3,(H,27,29)/b19-13-. The van der Waals surface area contributed by atoms with Crippen molar-refractivity contribution in [2.75, 3.05) is 10.0 Å². The fourth-order valence-electron chi connectivity index (χ4n) is 2.98. The first-order valence-electron chi connectivity index (χ1n) is 9.57. The maximum Gasteiger partial charge on any atom is 0.266 e. The van der Waals surface area contributed by atoms with Crippen molar-refractivity contribution in [2.24, 2.45) is 0 Å². The molecule has 0 aliphatic rings. The molecule has 0 unspecified atom stereocenters. The normalized spacial score (nSPS) is 11.5. The lowest BCUT2D eigenvalue weighted by molar-refractivity contribution is -0.112. The highest BCUT2D eigenvalue weighted by molar-refractivity contribution is 7.92. The van der Waals surface area contributed by atoms with Gasteiger partial charge in [-0.1, -0.05) is 59.6 Å². The summed E-state index contributed by atoms with van der Waals surface area (Å²) in [5.74, 6) is -0.663. The van der Waals surface area contributed by atoms with Crippen LogP contribution in [0.15, 0.2) is 77.2 Å². The first kappa shape index (κ1) is 23.1. The van der Waals surface area contributed by atoms with Crippen LogP contribution in [-0.4, -0.2) is 14.3 Å². The quantitative estimate of drug-likeness (QED) is 0.381. The molecule has 3 rings (SSSR count). The molecule has 32 heavy (non-hydrogen) atoms. The van der Waals surface area contributed by atoms with Crippen LogP contribution in [0.4, 0.5) is 11.4 Å². The number of nitriles is 1. The average molecular weight is 466 g/mol. The van der Waals surface area contributed by atoms with E-state index in [1.165, 1.54) is 24.3 Å². The van der Waals surface area contributed by atoms with Gasteiger partial charge < -0.3 is 5.32 Å². The van der Waals surface area contributed by atoms with Crippen LogP contribution >= 0.6 is 11.6 Å². The van der Waals surface area contributed by atoms with Gasteiger partial charge in [-0.2, -0.15) is 5.26 Å². The maximum absolute atomic E-state index is 13.0. The Kier molecular flexibility index (Phi) is 6.98. The number of anilines is 2. The predicted molar refractivity (Wildman–Crippen MR) is 127 cm³/mol. The molecule has 0 aliphatic carbocycles. The number of amides is 1. The monoisotopic (exact) mass is 465 g/mol. The number of nitrogens with zero attached hydrogens (tertiary/aromatic N) is 1. The van der Waals surface area contributed by atoms with E-state index in [1.807, 2.05) is 25.1 Å². The second-order valence-corrected chi connectivity index (χ2v) is 9.16. The van der Waals surface area contributed by atoms with Gasteiger partial charge in [-0.3, -0.25) is 9.52 Å². The molecule has 0 bridgehead atoms. The third-order valence-corrected chi connectivity index (χ3v) is 6.43. The summed E-state index contributed by atoms with van der Waals surface area (Å²) in [5.41, 5.74) is 2.96. The highest BCUT2D eigenvalue weighted by atomic mass is 35.5. The molecule has 0 aliphatic heterocycles. The number of sulfonamides is 1. The van der Waals surface area contributed by atoms with Gasteiger partial charge in [0.25, 0.3) is 15.9 Å². The second kappa shape index (κ2) is 9.69. The van der Waals surface area contributed by atoms with Crippen LogP contribution in [0, 0.1) is 25.2 Å². The minimum Gasteiger partial charge on any atom is -0.321 e. The number of aryl methyl sites for hydroxylation is 2. The zero-order chi connectivity index (χ0) is 23.3. The second-order valence-electron chi connectivity index (χ2n) is 7.10. The average Bonchev–Trinajstić information content (AvgIpc) is 2.76. The van der Waals surface area contributed by atoms with Crippen LogP contribution in [-0.2, 0) is 14.8 Å². The number of hydrogen-bond acceptors (Lipinski definition) is 4. The Morgan fingerprint density at radius 3 is 2.41 bits per heavy atom. The van der Waals surface area contributed by atoms with Crippen molar-refractivity contribution in [1.82, 2.24) is 0 Å². The molecule has 0 aromatic heterocycles. The van der Waals surface area contributed by atoms with E-state index >= 15 is 0 Å². The largest absolute Gasteiger partial charge is 0.321 e. The summed E-state index contributed by atoms with van der Waals surface area (Å²) in [5, 5.41) is 11.9. The van der Waals surface area contributed by atoms with E-state index in [0.717, 1.165) is 11.1 Å².